The topological polar surface area (TPSA) is 20.2 Å². The summed E-state index contributed by atoms with van der Waals surface area (Å²) >= 11 is 1.68. The molecule has 0 bridgehead atoms. The molecule has 1 aromatic heterocycles. The Bertz CT molecular complexity index is 447. The van der Waals surface area contributed by atoms with Gasteiger partial charge in [0.15, 0.2) is 0 Å². The van der Waals surface area contributed by atoms with Crippen LogP contribution in [-0.4, -0.2) is 5.11 Å². The highest BCUT2D eigenvalue weighted by Crippen LogP contribution is 2.28. The lowest BCUT2D eigenvalue weighted by molar-refractivity contribution is 0.219. The molecule has 0 spiro atoms. The maximum Gasteiger partial charge on any atom is 0.105 e. The Morgan fingerprint density at radius 1 is 1.18 bits per heavy atom. The summed E-state index contributed by atoms with van der Waals surface area (Å²) in [6.07, 6.45) is 2.97. The highest BCUT2D eigenvalue weighted by molar-refractivity contribution is 7.08. The van der Waals surface area contributed by atoms with Crippen molar-refractivity contribution in [1.29, 1.82) is 0 Å². The minimum absolute atomic E-state index is 0.477. The van der Waals surface area contributed by atoms with Gasteiger partial charge in [-0.25, -0.2) is 0 Å². The van der Waals surface area contributed by atoms with Crippen LogP contribution in [0.4, 0.5) is 0 Å². The van der Waals surface area contributed by atoms with Gasteiger partial charge in [-0.15, -0.1) is 0 Å². The maximum atomic E-state index is 10.4. The van der Waals surface area contributed by atoms with Crippen molar-refractivity contribution in [1.82, 2.24) is 0 Å². The van der Waals surface area contributed by atoms with Crippen LogP contribution in [0.5, 0.6) is 0 Å². The summed E-state index contributed by atoms with van der Waals surface area (Å²) < 4.78 is 0. The van der Waals surface area contributed by atoms with Gasteiger partial charge in [0.05, 0.1) is 0 Å². The van der Waals surface area contributed by atoms with Crippen LogP contribution in [0, 0.1) is 0 Å². The summed E-state index contributed by atoms with van der Waals surface area (Å²) in [4.78, 5) is 0. The molecule has 0 aliphatic rings. The number of thiophene rings is 1. The molecule has 0 saturated heterocycles. The summed E-state index contributed by atoms with van der Waals surface area (Å²) in [5.41, 5.74) is 3.35. The molecule has 0 radical (unpaired) electrons. The fraction of sp³-hybridized carbons (Fsp3) is 0.333. The lowest BCUT2D eigenvalue weighted by Crippen LogP contribution is -2.01. The minimum Gasteiger partial charge on any atom is -0.384 e. The molecule has 0 aliphatic heterocycles. The Balaban J connectivity index is 2.19. The number of hydrogen-bond donors (Lipinski definition) is 1. The number of rotatable bonds is 5. The van der Waals surface area contributed by atoms with Crippen LogP contribution < -0.4 is 0 Å². The largest absolute Gasteiger partial charge is 0.384 e. The number of benzene rings is 1. The number of aryl methyl sites for hydroxylation is 1. The van der Waals surface area contributed by atoms with E-state index in [2.05, 4.69) is 17.7 Å². The van der Waals surface area contributed by atoms with Crippen LogP contribution in [0.3, 0.4) is 0 Å². The molecule has 0 fully saturated rings. The third kappa shape index (κ3) is 2.96. The summed E-state index contributed by atoms with van der Waals surface area (Å²) in [7, 11) is 0. The number of hydrogen-bond acceptors (Lipinski definition) is 2. The summed E-state index contributed by atoms with van der Waals surface area (Å²) in [6, 6.07) is 9.87. The molecule has 0 amide bonds. The molecule has 0 aliphatic carbocycles. The Hall–Kier alpha value is -1.12. The van der Waals surface area contributed by atoms with Crippen LogP contribution in [0.15, 0.2) is 41.1 Å². The third-order valence-electron chi connectivity index (χ3n) is 2.99. The van der Waals surface area contributed by atoms with Crippen molar-refractivity contribution in [3.63, 3.8) is 0 Å². The quantitative estimate of drug-likeness (QED) is 0.839. The zero-order chi connectivity index (χ0) is 12.1. The summed E-state index contributed by atoms with van der Waals surface area (Å²) in [5, 5.41) is 14.6. The van der Waals surface area contributed by atoms with Gasteiger partial charge in [-0.3, -0.25) is 0 Å². The zero-order valence-corrected chi connectivity index (χ0v) is 10.9. The van der Waals surface area contributed by atoms with Crippen molar-refractivity contribution in [2.24, 2.45) is 0 Å². The van der Waals surface area contributed by atoms with Gasteiger partial charge in [0.25, 0.3) is 0 Å². The first-order chi connectivity index (χ1) is 8.33. The molecule has 1 heterocycles. The van der Waals surface area contributed by atoms with Gasteiger partial charge >= 0.3 is 0 Å². The van der Waals surface area contributed by atoms with Crippen LogP contribution in [0.25, 0.3) is 0 Å². The monoisotopic (exact) mass is 246 g/mol. The van der Waals surface area contributed by atoms with E-state index in [1.54, 1.807) is 11.3 Å². The SMILES string of the molecule is CCCCc1cscc1C(O)c1ccccc1. The molecule has 2 aromatic rings. The Morgan fingerprint density at radius 3 is 2.65 bits per heavy atom. The van der Waals surface area contributed by atoms with E-state index in [1.807, 2.05) is 30.3 Å². The van der Waals surface area contributed by atoms with E-state index in [4.69, 9.17) is 0 Å². The Morgan fingerprint density at radius 2 is 1.94 bits per heavy atom. The minimum atomic E-state index is -0.477. The second-order valence-electron chi connectivity index (χ2n) is 4.27. The van der Waals surface area contributed by atoms with Gasteiger partial charge in [0, 0.05) is 0 Å². The molecule has 1 atom stereocenters. The van der Waals surface area contributed by atoms with Crippen molar-refractivity contribution < 1.29 is 5.11 Å². The normalized spacial score (nSPS) is 12.6. The van der Waals surface area contributed by atoms with Crippen molar-refractivity contribution in [3.8, 4) is 0 Å². The summed E-state index contributed by atoms with van der Waals surface area (Å²) in [5.74, 6) is 0. The second-order valence-corrected chi connectivity index (χ2v) is 5.01. The molecule has 1 nitrogen and oxygen atoms in total. The van der Waals surface area contributed by atoms with Crippen LogP contribution in [0.2, 0.25) is 0 Å². The lowest BCUT2D eigenvalue weighted by atomic mass is 9.98. The van der Waals surface area contributed by atoms with Crippen molar-refractivity contribution in [2.45, 2.75) is 32.3 Å². The van der Waals surface area contributed by atoms with E-state index in [0.29, 0.717) is 0 Å². The number of aliphatic hydroxyl groups excluding tert-OH is 1. The van der Waals surface area contributed by atoms with E-state index in [9.17, 15) is 5.11 Å². The van der Waals surface area contributed by atoms with Gasteiger partial charge < -0.3 is 5.11 Å². The first kappa shape index (κ1) is 12.3. The molecule has 2 rings (SSSR count). The average molecular weight is 246 g/mol. The van der Waals surface area contributed by atoms with Crippen molar-refractivity contribution >= 4 is 11.3 Å². The standard InChI is InChI=1S/C15H18OS/c1-2-3-7-13-10-17-11-14(13)15(16)12-8-5-4-6-9-12/h4-6,8-11,15-16H,2-3,7H2,1H3. The Kier molecular flexibility index (Phi) is 4.35. The van der Waals surface area contributed by atoms with Gasteiger partial charge in [-0.05, 0) is 40.3 Å². The highest BCUT2D eigenvalue weighted by Gasteiger charge is 2.14. The molecular weight excluding hydrogens is 228 g/mol. The van der Waals surface area contributed by atoms with E-state index in [0.717, 1.165) is 17.5 Å². The molecular formula is C15H18OS. The van der Waals surface area contributed by atoms with Crippen LogP contribution in [-0.2, 0) is 6.42 Å². The third-order valence-corrected chi connectivity index (χ3v) is 3.80. The zero-order valence-electron chi connectivity index (χ0n) is 10.1. The smallest absolute Gasteiger partial charge is 0.105 e. The van der Waals surface area contributed by atoms with Crippen molar-refractivity contribution in [2.75, 3.05) is 0 Å². The lowest BCUT2D eigenvalue weighted by Gasteiger charge is -2.12. The van der Waals surface area contributed by atoms with E-state index in [-0.39, 0.29) is 0 Å². The van der Waals surface area contributed by atoms with E-state index < -0.39 is 6.10 Å². The molecule has 2 heteroatoms. The van der Waals surface area contributed by atoms with Gasteiger partial charge in [0.1, 0.15) is 6.10 Å². The van der Waals surface area contributed by atoms with E-state index in [1.165, 1.54) is 18.4 Å². The first-order valence-electron chi connectivity index (χ1n) is 6.11. The molecule has 90 valence electrons. The average Bonchev–Trinajstić information content (AvgIpc) is 2.84. The highest BCUT2D eigenvalue weighted by atomic mass is 32.1. The number of aliphatic hydroxyl groups is 1. The van der Waals surface area contributed by atoms with E-state index >= 15 is 0 Å². The fourth-order valence-electron chi connectivity index (χ4n) is 1.96. The predicted octanol–water partition coefficient (Wildman–Crippen LogP) is 4.17. The summed E-state index contributed by atoms with van der Waals surface area (Å²) in [6.45, 7) is 2.19. The molecule has 0 saturated carbocycles. The van der Waals surface area contributed by atoms with Gasteiger partial charge in [-0.2, -0.15) is 11.3 Å². The van der Waals surface area contributed by atoms with Gasteiger partial charge in [-0.1, -0.05) is 43.7 Å². The fourth-order valence-corrected chi connectivity index (χ4v) is 2.87. The Labute approximate surface area is 107 Å². The molecule has 17 heavy (non-hydrogen) atoms. The predicted molar refractivity (Wildman–Crippen MR) is 73.4 cm³/mol. The maximum absolute atomic E-state index is 10.4. The van der Waals surface area contributed by atoms with Crippen LogP contribution in [0.1, 0.15) is 42.6 Å². The molecule has 1 N–H and O–H groups in total. The van der Waals surface area contributed by atoms with Crippen LogP contribution >= 0.6 is 11.3 Å². The van der Waals surface area contributed by atoms with Gasteiger partial charge in [0.2, 0.25) is 0 Å². The van der Waals surface area contributed by atoms with Crippen molar-refractivity contribution in [3.05, 3.63) is 57.8 Å². The molecule has 1 aromatic carbocycles. The first-order valence-corrected chi connectivity index (χ1v) is 7.05. The molecule has 1 unspecified atom stereocenters. The number of unbranched alkanes of at least 4 members (excludes halogenated alkanes) is 1. The second kappa shape index (κ2) is 5.99.